The standard InChI is InChI=1S/C17H24N2O3/c1-13(2)12-15(17(21)19-8-10-22-11-9-19)18-16(20)14-6-4-3-5-7-14/h3-7,13,15H,8-12H2,1-2H3,(H,18,20)/t15-/m1/s1. The second-order valence-electron chi connectivity index (χ2n) is 5.96. The van der Waals surface area contributed by atoms with Crippen LogP contribution in [-0.2, 0) is 9.53 Å². The van der Waals surface area contributed by atoms with Crippen molar-refractivity contribution in [2.45, 2.75) is 26.3 Å². The number of amides is 2. The van der Waals surface area contributed by atoms with Crippen LogP contribution in [-0.4, -0.2) is 49.1 Å². The molecule has 1 heterocycles. The topological polar surface area (TPSA) is 58.6 Å². The predicted molar refractivity (Wildman–Crippen MR) is 84.6 cm³/mol. The summed E-state index contributed by atoms with van der Waals surface area (Å²) in [6.07, 6.45) is 0.634. The van der Waals surface area contributed by atoms with Gasteiger partial charge in [0.25, 0.3) is 5.91 Å². The minimum Gasteiger partial charge on any atom is -0.378 e. The van der Waals surface area contributed by atoms with E-state index in [4.69, 9.17) is 4.74 Å². The van der Waals surface area contributed by atoms with Crippen molar-refractivity contribution in [3.63, 3.8) is 0 Å². The monoisotopic (exact) mass is 304 g/mol. The van der Waals surface area contributed by atoms with Crippen molar-refractivity contribution < 1.29 is 14.3 Å². The van der Waals surface area contributed by atoms with Crippen molar-refractivity contribution in [2.75, 3.05) is 26.3 Å². The van der Waals surface area contributed by atoms with E-state index in [0.29, 0.717) is 44.2 Å². The van der Waals surface area contributed by atoms with Crippen LogP contribution in [0.3, 0.4) is 0 Å². The first kappa shape index (κ1) is 16.5. The average Bonchev–Trinajstić information content (AvgIpc) is 2.54. The molecule has 1 atom stereocenters. The fraction of sp³-hybridized carbons (Fsp3) is 0.529. The summed E-state index contributed by atoms with van der Waals surface area (Å²) < 4.78 is 5.28. The van der Waals surface area contributed by atoms with Crippen LogP contribution in [0.15, 0.2) is 30.3 Å². The number of benzene rings is 1. The molecule has 5 nitrogen and oxygen atoms in total. The first-order valence-electron chi connectivity index (χ1n) is 7.80. The van der Waals surface area contributed by atoms with E-state index in [1.807, 2.05) is 32.0 Å². The number of rotatable bonds is 5. The summed E-state index contributed by atoms with van der Waals surface area (Å²) in [6, 6.07) is 8.51. The van der Waals surface area contributed by atoms with Crippen LogP contribution in [0.5, 0.6) is 0 Å². The Bertz CT molecular complexity index is 496. The molecule has 22 heavy (non-hydrogen) atoms. The van der Waals surface area contributed by atoms with Crippen LogP contribution in [0.25, 0.3) is 0 Å². The third-order valence-electron chi connectivity index (χ3n) is 3.67. The minimum absolute atomic E-state index is 0.0127. The average molecular weight is 304 g/mol. The highest BCUT2D eigenvalue weighted by Gasteiger charge is 2.28. The van der Waals surface area contributed by atoms with Crippen molar-refractivity contribution in [1.29, 1.82) is 0 Å². The van der Waals surface area contributed by atoms with Crippen LogP contribution in [0, 0.1) is 5.92 Å². The van der Waals surface area contributed by atoms with Crippen molar-refractivity contribution in [2.24, 2.45) is 5.92 Å². The molecule has 1 aliphatic rings. The van der Waals surface area contributed by atoms with Gasteiger partial charge >= 0.3 is 0 Å². The largest absolute Gasteiger partial charge is 0.378 e. The zero-order valence-corrected chi connectivity index (χ0v) is 13.2. The van der Waals surface area contributed by atoms with Crippen LogP contribution in [0.1, 0.15) is 30.6 Å². The highest BCUT2D eigenvalue weighted by molar-refractivity contribution is 5.97. The molecular formula is C17H24N2O3. The summed E-state index contributed by atoms with van der Waals surface area (Å²) in [5, 5.41) is 2.89. The maximum Gasteiger partial charge on any atom is 0.251 e. The maximum absolute atomic E-state index is 12.7. The molecule has 1 aromatic carbocycles. The highest BCUT2D eigenvalue weighted by atomic mass is 16.5. The molecule has 0 unspecified atom stereocenters. The lowest BCUT2D eigenvalue weighted by Gasteiger charge is -2.31. The van der Waals surface area contributed by atoms with Gasteiger partial charge in [0, 0.05) is 18.7 Å². The van der Waals surface area contributed by atoms with Gasteiger partial charge in [-0.25, -0.2) is 0 Å². The van der Waals surface area contributed by atoms with E-state index >= 15 is 0 Å². The summed E-state index contributed by atoms with van der Waals surface area (Å²) in [5.74, 6) is 0.111. The van der Waals surface area contributed by atoms with E-state index in [0.717, 1.165) is 0 Å². The first-order chi connectivity index (χ1) is 10.6. The Hall–Kier alpha value is -1.88. The molecule has 120 valence electrons. The fourth-order valence-corrected chi connectivity index (χ4v) is 2.53. The van der Waals surface area contributed by atoms with Crippen LogP contribution in [0.4, 0.5) is 0 Å². The van der Waals surface area contributed by atoms with Gasteiger partial charge in [-0.3, -0.25) is 9.59 Å². The Labute approximate surface area is 131 Å². The minimum atomic E-state index is -0.481. The molecule has 1 fully saturated rings. The lowest BCUT2D eigenvalue weighted by atomic mass is 10.0. The number of ether oxygens (including phenoxy) is 1. The summed E-state index contributed by atoms with van der Waals surface area (Å²) in [7, 11) is 0. The molecule has 1 aliphatic heterocycles. The molecule has 1 saturated heterocycles. The van der Waals surface area contributed by atoms with E-state index in [1.165, 1.54) is 0 Å². The number of carbonyl (C=O) groups is 2. The van der Waals surface area contributed by atoms with Gasteiger partial charge in [-0.1, -0.05) is 32.0 Å². The molecule has 0 saturated carbocycles. The maximum atomic E-state index is 12.7. The van der Waals surface area contributed by atoms with E-state index < -0.39 is 6.04 Å². The summed E-state index contributed by atoms with van der Waals surface area (Å²) in [5.41, 5.74) is 0.575. The number of hydrogen-bond acceptors (Lipinski definition) is 3. The first-order valence-corrected chi connectivity index (χ1v) is 7.80. The molecule has 0 radical (unpaired) electrons. The number of morpholine rings is 1. The predicted octanol–water partition coefficient (Wildman–Crippen LogP) is 1.69. The Morgan fingerprint density at radius 3 is 2.41 bits per heavy atom. The van der Waals surface area contributed by atoms with E-state index in [2.05, 4.69) is 5.32 Å². The zero-order chi connectivity index (χ0) is 15.9. The van der Waals surface area contributed by atoms with E-state index in [1.54, 1.807) is 17.0 Å². The number of nitrogens with zero attached hydrogens (tertiary/aromatic N) is 1. The third kappa shape index (κ3) is 4.56. The van der Waals surface area contributed by atoms with Gasteiger partial charge < -0.3 is 15.0 Å². The van der Waals surface area contributed by atoms with Gasteiger partial charge in [-0.05, 0) is 24.5 Å². The highest BCUT2D eigenvalue weighted by Crippen LogP contribution is 2.11. The van der Waals surface area contributed by atoms with Crippen LogP contribution >= 0.6 is 0 Å². The molecule has 1 N–H and O–H groups in total. The van der Waals surface area contributed by atoms with Crippen LogP contribution in [0.2, 0.25) is 0 Å². The summed E-state index contributed by atoms with van der Waals surface area (Å²) in [4.78, 5) is 26.8. The number of hydrogen-bond donors (Lipinski definition) is 1. The van der Waals surface area contributed by atoms with Gasteiger partial charge in [-0.2, -0.15) is 0 Å². The van der Waals surface area contributed by atoms with Gasteiger partial charge in [0.05, 0.1) is 13.2 Å². The Balaban J connectivity index is 2.05. The van der Waals surface area contributed by atoms with Crippen molar-refractivity contribution in [3.05, 3.63) is 35.9 Å². The molecule has 5 heteroatoms. The van der Waals surface area contributed by atoms with Gasteiger partial charge in [0.15, 0.2) is 0 Å². The van der Waals surface area contributed by atoms with Gasteiger partial charge in [0.1, 0.15) is 6.04 Å². The van der Waals surface area contributed by atoms with Crippen LogP contribution < -0.4 is 5.32 Å². The lowest BCUT2D eigenvalue weighted by molar-refractivity contribution is -0.137. The smallest absolute Gasteiger partial charge is 0.251 e. The van der Waals surface area contributed by atoms with E-state index in [9.17, 15) is 9.59 Å². The molecule has 0 aromatic heterocycles. The van der Waals surface area contributed by atoms with Crippen molar-refractivity contribution in [3.8, 4) is 0 Å². The Kier molecular flexibility index (Phi) is 5.95. The SMILES string of the molecule is CC(C)C[C@@H](NC(=O)c1ccccc1)C(=O)N1CCOCC1. The second-order valence-corrected chi connectivity index (χ2v) is 5.96. The molecule has 2 rings (SSSR count). The molecule has 1 aromatic rings. The van der Waals surface area contributed by atoms with E-state index in [-0.39, 0.29) is 11.8 Å². The molecule has 0 aliphatic carbocycles. The van der Waals surface area contributed by atoms with Crippen molar-refractivity contribution in [1.82, 2.24) is 10.2 Å². The molecule has 0 bridgehead atoms. The Morgan fingerprint density at radius 2 is 1.82 bits per heavy atom. The third-order valence-corrected chi connectivity index (χ3v) is 3.67. The van der Waals surface area contributed by atoms with Gasteiger partial charge in [0.2, 0.25) is 5.91 Å². The molecule has 0 spiro atoms. The van der Waals surface area contributed by atoms with Gasteiger partial charge in [-0.15, -0.1) is 0 Å². The summed E-state index contributed by atoms with van der Waals surface area (Å²) in [6.45, 7) is 6.41. The second kappa shape index (κ2) is 7.94. The zero-order valence-electron chi connectivity index (χ0n) is 13.2. The number of carbonyl (C=O) groups excluding carboxylic acids is 2. The lowest BCUT2D eigenvalue weighted by Crippen LogP contribution is -2.52. The fourth-order valence-electron chi connectivity index (χ4n) is 2.53. The number of nitrogens with one attached hydrogen (secondary N) is 1. The molecule has 2 amide bonds. The van der Waals surface area contributed by atoms with Crippen molar-refractivity contribution >= 4 is 11.8 Å². The summed E-state index contributed by atoms with van der Waals surface area (Å²) >= 11 is 0. The quantitative estimate of drug-likeness (QED) is 0.900. The molecular weight excluding hydrogens is 280 g/mol. The Morgan fingerprint density at radius 1 is 1.18 bits per heavy atom. The normalized spacial score (nSPS) is 16.4.